The number of aliphatic hydroxyl groups excluding tert-OH is 1. The van der Waals surface area contributed by atoms with Crippen molar-refractivity contribution in [3.63, 3.8) is 0 Å². The van der Waals surface area contributed by atoms with Crippen LogP contribution in [0.2, 0.25) is 0 Å². The van der Waals surface area contributed by atoms with E-state index in [-0.39, 0.29) is 17.5 Å². The lowest BCUT2D eigenvalue weighted by Crippen LogP contribution is -2.22. The van der Waals surface area contributed by atoms with Gasteiger partial charge in [-0.05, 0) is 43.4 Å². The van der Waals surface area contributed by atoms with Crippen molar-refractivity contribution < 1.29 is 9.90 Å². The molecule has 1 heterocycles. The maximum atomic E-state index is 12.7. The maximum Gasteiger partial charge on any atom is 0.168 e. The van der Waals surface area contributed by atoms with Gasteiger partial charge in [0.2, 0.25) is 0 Å². The molecular formula is C25H26N2O2. The van der Waals surface area contributed by atoms with E-state index in [1.54, 1.807) is 0 Å². The Morgan fingerprint density at radius 1 is 1.10 bits per heavy atom. The van der Waals surface area contributed by atoms with Gasteiger partial charge in [0.25, 0.3) is 0 Å². The van der Waals surface area contributed by atoms with Gasteiger partial charge in [-0.25, -0.2) is 0 Å². The Morgan fingerprint density at radius 3 is 2.59 bits per heavy atom. The van der Waals surface area contributed by atoms with Gasteiger partial charge >= 0.3 is 0 Å². The molecule has 0 spiro atoms. The first-order valence-corrected chi connectivity index (χ1v) is 10.1. The zero-order valence-electron chi connectivity index (χ0n) is 16.9. The predicted octanol–water partition coefficient (Wildman–Crippen LogP) is 5.44. The molecule has 4 heteroatoms. The molecule has 0 amide bonds. The van der Waals surface area contributed by atoms with E-state index in [1.807, 2.05) is 49.4 Å². The number of H-pyrrole nitrogens is 1. The number of carbonyl (C=O) groups excluding carboxylic acids is 1. The summed E-state index contributed by atoms with van der Waals surface area (Å²) >= 11 is 0. The average Bonchev–Trinajstić information content (AvgIpc) is 3.03. The highest BCUT2D eigenvalue weighted by atomic mass is 16.3. The van der Waals surface area contributed by atoms with Crippen molar-refractivity contribution in [2.45, 2.75) is 39.0 Å². The number of benzene rings is 2. The maximum absolute atomic E-state index is 12.7. The van der Waals surface area contributed by atoms with Crippen molar-refractivity contribution in [1.82, 2.24) is 4.98 Å². The molecular weight excluding hydrogens is 360 g/mol. The Balaban J connectivity index is 1.50. The number of aromatic nitrogens is 1. The number of carbonyl (C=O) groups is 1. The zero-order valence-corrected chi connectivity index (χ0v) is 16.9. The molecule has 1 atom stereocenters. The normalized spacial score (nSPS) is 17.9. The number of hydrogen-bond acceptors (Lipinski definition) is 3. The summed E-state index contributed by atoms with van der Waals surface area (Å²) in [4.78, 5) is 20.8. The Hall–Kier alpha value is -3.14. The first-order valence-electron chi connectivity index (χ1n) is 10.1. The lowest BCUT2D eigenvalue weighted by molar-refractivity contribution is -0.116. The van der Waals surface area contributed by atoms with Crippen LogP contribution < -0.4 is 0 Å². The summed E-state index contributed by atoms with van der Waals surface area (Å²) in [6.07, 6.45) is 1.69. The molecule has 1 aromatic heterocycles. The fourth-order valence-electron chi connectivity index (χ4n) is 4.34. The SMILES string of the molecule is CC(=NCCc1c(C)[nH]c2ccccc12)C1=C(O)CC(c2ccccc2)CC1=O. The molecule has 3 aromatic rings. The summed E-state index contributed by atoms with van der Waals surface area (Å²) in [6, 6.07) is 18.2. The number of nitrogens with zero attached hydrogens (tertiary/aromatic N) is 1. The Morgan fingerprint density at radius 2 is 1.83 bits per heavy atom. The summed E-state index contributed by atoms with van der Waals surface area (Å²) in [5.41, 5.74) is 5.69. The molecule has 29 heavy (non-hydrogen) atoms. The van der Waals surface area contributed by atoms with E-state index < -0.39 is 0 Å². The second kappa shape index (κ2) is 8.08. The minimum absolute atomic E-state index is 0.0212. The number of para-hydroxylation sites is 1. The number of aryl methyl sites for hydroxylation is 1. The molecule has 0 fully saturated rings. The molecule has 0 radical (unpaired) electrons. The third-order valence-electron chi connectivity index (χ3n) is 5.81. The number of hydrogen-bond donors (Lipinski definition) is 2. The van der Waals surface area contributed by atoms with Crippen LogP contribution in [-0.2, 0) is 11.2 Å². The van der Waals surface area contributed by atoms with Gasteiger partial charge in [-0.3, -0.25) is 9.79 Å². The van der Waals surface area contributed by atoms with Gasteiger partial charge < -0.3 is 10.1 Å². The van der Waals surface area contributed by atoms with Crippen LogP contribution in [0.4, 0.5) is 0 Å². The van der Waals surface area contributed by atoms with E-state index in [0.717, 1.165) is 23.2 Å². The quantitative estimate of drug-likeness (QED) is 0.574. The van der Waals surface area contributed by atoms with Gasteiger partial charge in [-0.2, -0.15) is 0 Å². The number of allylic oxidation sites excluding steroid dienone is 2. The predicted molar refractivity (Wildman–Crippen MR) is 118 cm³/mol. The van der Waals surface area contributed by atoms with Crippen molar-refractivity contribution in [1.29, 1.82) is 0 Å². The molecule has 4 nitrogen and oxygen atoms in total. The largest absolute Gasteiger partial charge is 0.511 e. The number of aliphatic imine (C=N–C) groups is 1. The number of aliphatic hydroxyl groups is 1. The minimum atomic E-state index is -0.0212. The number of ketones is 1. The van der Waals surface area contributed by atoms with E-state index in [4.69, 9.17) is 0 Å². The van der Waals surface area contributed by atoms with E-state index in [1.165, 1.54) is 10.9 Å². The lowest BCUT2D eigenvalue weighted by Gasteiger charge is -2.23. The van der Waals surface area contributed by atoms with Crippen LogP contribution in [0, 0.1) is 6.92 Å². The fraction of sp³-hybridized carbons (Fsp3) is 0.280. The summed E-state index contributed by atoms with van der Waals surface area (Å²) in [5.74, 6) is 0.181. The van der Waals surface area contributed by atoms with Crippen molar-refractivity contribution in [2.75, 3.05) is 6.54 Å². The summed E-state index contributed by atoms with van der Waals surface area (Å²) in [7, 11) is 0. The van der Waals surface area contributed by atoms with E-state index in [0.29, 0.717) is 30.7 Å². The Labute approximate surface area is 171 Å². The Bertz CT molecular complexity index is 1110. The molecule has 2 aromatic carbocycles. The number of aromatic amines is 1. The molecule has 1 unspecified atom stereocenters. The van der Waals surface area contributed by atoms with E-state index in [9.17, 15) is 9.90 Å². The van der Waals surface area contributed by atoms with Crippen LogP contribution in [0.1, 0.15) is 42.5 Å². The number of fused-ring (bicyclic) bond motifs is 1. The molecule has 0 bridgehead atoms. The lowest BCUT2D eigenvalue weighted by atomic mass is 9.81. The van der Waals surface area contributed by atoms with Crippen LogP contribution in [0.25, 0.3) is 10.9 Å². The summed E-state index contributed by atoms with van der Waals surface area (Å²) < 4.78 is 0. The van der Waals surface area contributed by atoms with Crippen LogP contribution in [0.15, 0.2) is 70.9 Å². The van der Waals surface area contributed by atoms with Gasteiger partial charge in [0, 0.05) is 41.7 Å². The van der Waals surface area contributed by atoms with Gasteiger partial charge in [-0.1, -0.05) is 48.5 Å². The first-order chi connectivity index (χ1) is 14.0. The van der Waals surface area contributed by atoms with E-state index in [2.05, 4.69) is 29.0 Å². The van der Waals surface area contributed by atoms with Crippen molar-refractivity contribution in [3.05, 3.63) is 82.8 Å². The number of rotatable bonds is 5. The molecule has 0 aliphatic heterocycles. The number of Topliss-reactive ketones (excluding diaryl/α,β-unsaturated/α-hetero) is 1. The smallest absolute Gasteiger partial charge is 0.168 e. The van der Waals surface area contributed by atoms with Crippen molar-refractivity contribution >= 4 is 22.4 Å². The highest BCUT2D eigenvalue weighted by Gasteiger charge is 2.29. The van der Waals surface area contributed by atoms with Gasteiger partial charge in [0.05, 0.1) is 5.57 Å². The standard InChI is InChI=1S/C25H26N2O2/c1-16-20(21-10-6-7-11-22(21)27-16)12-13-26-17(2)25-23(28)14-19(15-24(25)29)18-8-4-3-5-9-18/h3-11,19,27-28H,12-15H2,1-2H3. The molecule has 0 saturated carbocycles. The highest BCUT2D eigenvalue weighted by molar-refractivity contribution is 6.22. The second-order valence-corrected chi connectivity index (χ2v) is 7.75. The van der Waals surface area contributed by atoms with Crippen molar-refractivity contribution in [2.24, 2.45) is 4.99 Å². The second-order valence-electron chi connectivity index (χ2n) is 7.75. The van der Waals surface area contributed by atoms with E-state index >= 15 is 0 Å². The van der Waals surface area contributed by atoms with Crippen LogP contribution >= 0.6 is 0 Å². The highest BCUT2D eigenvalue weighted by Crippen LogP contribution is 2.34. The average molecular weight is 386 g/mol. The topological polar surface area (TPSA) is 65.4 Å². The molecule has 1 aliphatic rings. The van der Waals surface area contributed by atoms with Crippen LogP contribution in [0.3, 0.4) is 0 Å². The third-order valence-corrected chi connectivity index (χ3v) is 5.81. The molecule has 148 valence electrons. The third kappa shape index (κ3) is 3.88. The zero-order chi connectivity index (χ0) is 20.4. The monoisotopic (exact) mass is 386 g/mol. The van der Waals surface area contributed by atoms with Gasteiger partial charge in [0.1, 0.15) is 5.76 Å². The molecule has 0 saturated heterocycles. The molecule has 4 rings (SSSR count). The van der Waals surface area contributed by atoms with Crippen LogP contribution in [0.5, 0.6) is 0 Å². The first kappa shape index (κ1) is 19.2. The Kier molecular flexibility index (Phi) is 5.34. The number of nitrogens with one attached hydrogen (secondary N) is 1. The van der Waals surface area contributed by atoms with Gasteiger partial charge in [-0.15, -0.1) is 0 Å². The van der Waals surface area contributed by atoms with Gasteiger partial charge in [0.15, 0.2) is 5.78 Å². The molecule has 2 N–H and O–H groups in total. The summed E-state index contributed by atoms with van der Waals surface area (Å²) in [6.45, 7) is 4.49. The van der Waals surface area contributed by atoms with Crippen molar-refractivity contribution in [3.8, 4) is 0 Å². The van der Waals surface area contributed by atoms with Crippen LogP contribution in [-0.4, -0.2) is 28.1 Å². The fourth-order valence-corrected chi connectivity index (χ4v) is 4.34. The molecule has 1 aliphatic carbocycles. The summed E-state index contributed by atoms with van der Waals surface area (Å²) in [5, 5.41) is 11.8. The minimum Gasteiger partial charge on any atom is -0.511 e.